The third-order valence-corrected chi connectivity index (χ3v) is 13.2. The monoisotopic (exact) mass is 638 g/mol. The Labute approximate surface area is 268 Å². The quantitative estimate of drug-likeness (QED) is 0.349. The smallest absolute Gasteiger partial charge is 0.264 e. The van der Waals surface area contributed by atoms with Gasteiger partial charge in [0.05, 0.1) is 17.5 Å². The molecule has 2 aromatic carbocycles. The number of ether oxygens (including phenoxy) is 1. The van der Waals surface area contributed by atoms with Crippen LogP contribution in [0.25, 0.3) is 0 Å². The number of carbonyl (C=O) groups excluding carboxylic acids is 1. The molecule has 2 heterocycles. The van der Waals surface area contributed by atoms with Gasteiger partial charge in [0.25, 0.3) is 5.91 Å². The molecule has 4 aliphatic rings. The highest BCUT2D eigenvalue weighted by Crippen LogP contribution is 2.47. The average molecular weight is 639 g/mol. The summed E-state index contributed by atoms with van der Waals surface area (Å²) in [7, 11) is -3.88. The Bertz CT molecular complexity index is 1520. The van der Waals surface area contributed by atoms with Crippen LogP contribution in [-0.2, 0) is 21.9 Å². The Morgan fingerprint density at radius 2 is 1.98 bits per heavy atom. The van der Waals surface area contributed by atoms with E-state index in [9.17, 15) is 13.2 Å². The van der Waals surface area contributed by atoms with Crippen molar-refractivity contribution in [1.82, 2.24) is 4.72 Å². The number of nitrogens with zero attached hydrogens (tertiary/aromatic N) is 1. The van der Waals surface area contributed by atoms with Gasteiger partial charge in [-0.3, -0.25) is 4.79 Å². The standard InChI is InChI=1S/C36H47ClN2O4S/c1-4-5-11-34-25(3)9-6-8-24(2)30-15-12-28(30)21-39-22-36(18-7-10-26-19-29(37)14-16-31(26)36)23-43-33-17-13-27(20-32(33)39)35(40)38-44(34,41)42/h6,8,13-14,16-17,19-20,24-25,28,30,34H,4-5,7,9-12,15,18,21-23H2,1-3H3,(H,38,40)/b8-6+/t24-,25-,28-,30-,34-,36-/m0/s1. The van der Waals surface area contributed by atoms with E-state index >= 15 is 0 Å². The molecule has 2 aliphatic carbocycles. The number of hydrogen-bond acceptors (Lipinski definition) is 5. The Balaban J connectivity index is 1.41. The van der Waals surface area contributed by atoms with Crippen molar-refractivity contribution in [2.75, 3.05) is 24.6 Å². The van der Waals surface area contributed by atoms with Gasteiger partial charge in [0, 0.05) is 29.1 Å². The topological polar surface area (TPSA) is 75.7 Å². The van der Waals surface area contributed by atoms with Crippen LogP contribution in [0.15, 0.2) is 48.6 Å². The van der Waals surface area contributed by atoms with Gasteiger partial charge >= 0.3 is 0 Å². The number of carbonyl (C=O) groups is 1. The summed E-state index contributed by atoms with van der Waals surface area (Å²) >= 11 is 6.43. The Morgan fingerprint density at radius 3 is 2.75 bits per heavy atom. The minimum atomic E-state index is -3.88. The lowest BCUT2D eigenvalue weighted by Gasteiger charge is -2.46. The molecular weight excluding hydrogens is 592 g/mol. The lowest BCUT2D eigenvalue weighted by Crippen LogP contribution is -2.49. The second-order valence-corrected chi connectivity index (χ2v) is 16.3. The van der Waals surface area contributed by atoms with Gasteiger partial charge in [-0.25, -0.2) is 13.1 Å². The zero-order chi connectivity index (χ0) is 31.1. The van der Waals surface area contributed by atoms with Gasteiger partial charge in [-0.1, -0.05) is 63.4 Å². The van der Waals surface area contributed by atoms with Crippen molar-refractivity contribution in [3.05, 3.63) is 70.3 Å². The summed E-state index contributed by atoms with van der Waals surface area (Å²) < 4.78 is 36.4. The molecule has 1 amide bonds. The van der Waals surface area contributed by atoms with E-state index < -0.39 is 21.2 Å². The molecule has 1 saturated carbocycles. The predicted molar refractivity (Wildman–Crippen MR) is 178 cm³/mol. The highest BCUT2D eigenvalue weighted by atomic mass is 35.5. The van der Waals surface area contributed by atoms with Crippen LogP contribution in [0.5, 0.6) is 5.75 Å². The molecule has 44 heavy (non-hydrogen) atoms. The minimum Gasteiger partial charge on any atom is -0.490 e. The number of anilines is 1. The van der Waals surface area contributed by atoms with Gasteiger partial charge in [0.15, 0.2) is 0 Å². The first-order chi connectivity index (χ1) is 21.1. The van der Waals surface area contributed by atoms with E-state index in [1.807, 2.05) is 25.1 Å². The summed E-state index contributed by atoms with van der Waals surface area (Å²) in [6.45, 7) is 8.59. The van der Waals surface area contributed by atoms with Crippen LogP contribution in [-0.4, -0.2) is 39.3 Å². The molecule has 6 nitrogen and oxygen atoms in total. The molecule has 1 N–H and O–H groups in total. The molecule has 2 bridgehead atoms. The van der Waals surface area contributed by atoms with Crippen molar-refractivity contribution in [2.24, 2.45) is 23.7 Å². The first kappa shape index (κ1) is 31.5. The number of allylic oxidation sites excluding steroid dienone is 2. The SMILES string of the molecule is CCCC[C@H]1[C@@H](C)C/C=C/[C@H](C)[C@@H]2CC[C@H]2CN2C[C@@]3(CCCc4cc(Cl)ccc43)COc3ccc(cc32)C(=O)NS1(=O)=O. The highest BCUT2D eigenvalue weighted by Gasteiger charge is 2.44. The van der Waals surface area contributed by atoms with Gasteiger partial charge in [0.1, 0.15) is 5.75 Å². The lowest BCUT2D eigenvalue weighted by molar-refractivity contribution is 0.0980. The number of benzene rings is 2. The minimum absolute atomic E-state index is 0.0965. The molecule has 1 spiro atoms. The number of halogens is 1. The number of fused-ring (bicyclic) bond motifs is 4. The predicted octanol–water partition coefficient (Wildman–Crippen LogP) is 7.69. The molecule has 0 saturated heterocycles. The van der Waals surface area contributed by atoms with E-state index in [-0.39, 0.29) is 11.3 Å². The zero-order valence-electron chi connectivity index (χ0n) is 26.4. The maximum atomic E-state index is 13.7. The van der Waals surface area contributed by atoms with Gasteiger partial charge in [-0.2, -0.15) is 0 Å². The van der Waals surface area contributed by atoms with Crippen LogP contribution in [0, 0.1) is 23.7 Å². The number of sulfonamides is 1. The Kier molecular flexibility index (Phi) is 9.09. The van der Waals surface area contributed by atoms with Crippen molar-refractivity contribution in [3.63, 3.8) is 0 Å². The van der Waals surface area contributed by atoms with Crippen molar-refractivity contribution in [3.8, 4) is 5.75 Å². The van der Waals surface area contributed by atoms with Crippen LogP contribution in [0.2, 0.25) is 5.02 Å². The maximum Gasteiger partial charge on any atom is 0.264 e. The molecule has 238 valence electrons. The number of amides is 1. The zero-order valence-corrected chi connectivity index (χ0v) is 27.9. The summed E-state index contributed by atoms with van der Waals surface area (Å²) in [5.41, 5.74) is 3.64. The van der Waals surface area contributed by atoms with Crippen LogP contribution in [0.3, 0.4) is 0 Å². The van der Waals surface area contributed by atoms with Crippen molar-refractivity contribution in [1.29, 1.82) is 0 Å². The Morgan fingerprint density at radius 1 is 1.14 bits per heavy atom. The third-order valence-electron chi connectivity index (χ3n) is 11.0. The fourth-order valence-electron chi connectivity index (χ4n) is 8.27. The molecular formula is C36H47ClN2O4S. The molecule has 0 aromatic heterocycles. The normalized spacial score (nSPS) is 32.3. The lowest BCUT2D eigenvalue weighted by atomic mass is 9.66. The fraction of sp³-hybridized carbons (Fsp3) is 0.583. The molecule has 6 rings (SSSR count). The van der Waals surface area contributed by atoms with Crippen LogP contribution < -0.4 is 14.4 Å². The molecule has 2 aliphatic heterocycles. The van der Waals surface area contributed by atoms with E-state index in [2.05, 4.69) is 47.8 Å². The number of rotatable bonds is 3. The fourth-order valence-corrected chi connectivity index (χ4v) is 10.2. The second kappa shape index (κ2) is 12.7. The second-order valence-electron chi connectivity index (χ2n) is 13.9. The van der Waals surface area contributed by atoms with Crippen molar-refractivity contribution >= 4 is 33.2 Å². The first-order valence-electron chi connectivity index (χ1n) is 16.6. The maximum absolute atomic E-state index is 13.7. The number of hydrogen-bond donors (Lipinski definition) is 1. The van der Waals surface area contributed by atoms with Gasteiger partial charge in [-0.05, 0) is 110 Å². The summed E-state index contributed by atoms with van der Waals surface area (Å²) in [4.78, 5) is 16.1. The van der Waals surface area contributed by atoms with Crippen molar-refractivity contribution < 1.29 is 17.9 Å². The molecule has 2 aromatic rings. The number of nitrogens with one attached hydrogen (secondary N) is 1. The highest BCUT2D eigenvalue weighted by molar-refractivity contribution is 7.90. The molecule has 0 unspecified atom stereocenters. The summed E-state index contributed by atoms with van der Waals surface area (Å²) in [5.74, 6) is 1.60. The van der Waals surface area contributed by atoms with Gasteiger partial charge < -0.3 is 9.64 Å². The molecule has 6 atom stereocenters. The van der Waals surface area contributed by atoms with E-state index in [0.29, 0.717) is 42.8 Å². The molecule has 0 radical (unpaired) electrons. The van der Waals surface area contributed by atoms with E-state index in [1.54, 1.807) is 6.07 Å². The van der Waals surface area contributed by atoms with E-state index in [0.717, 1.165) is 61.7 Å². The summed E-state index contributed by atoms with van der Waals surface area (Å²) in [6.07, 6.45) is 12.9. The largest absolute Gasteiger partial charge is 0.490 e. The number of aryl methyl sites for hydroxylation is 1. The summed E-state index contributed by atoms with van der Waals surface area (Å²) in [6, 6.07) is 11.7. The average Bonchev–Trinajstić information content (AvgIpc) is 3.11. The van der Waals surface area contributed by atoms with Gasteiger partial charge in [0.2, 0.25) is 10.0 Å². The summed E-state index contributed by atoms with van der Waals surface area (Å²) in [5, 5.41) is 0.135. The van der Waals surface area contributed by atoms with Gasteiger partial charge in [-0.15, -0.1) is 0 Å². The molecule has 8 heteroatoms. The van der Waals surface area contributed by atoms with E-state index in [4.69, 9.17) is 16.3 Å². The van der Waals surface area contributed by atoms with E-state index in [1.165, 1.54) is 24.0 Å². The number of unbranched alkanes of at least 4 members (excludes halogenated alkanes) is 1. The molecule has 1 fully saturated rings. The first-order valence-corrected chi connectivity index (χ1v) is 18.6. The van der Waals surface area contributed by atoms with Crippen LogP contribution in [0.1, 0.15) is 93.6 Å². The van der Waals surface area contributed by atoms with Crippen molar-refractivity contribution in [2.45, 2.75) is 89.2 Å². The Hall–Kier alpha value is -2.51. The third kappa shape index (κ3) is 6.16. The van der Waals surface area contributed by atoms with Crippen LogP contribution in [0.4, 0.5) is 5.69 Å². The van der Waals surface area contributed by atoms with Crippen LogP contribution >= 0.6 is 11.6 Å².